The molecule has 12 heteroatoms. The van der Waals surface area contributed by atoms with Gasteiger partial charge in [0, 0.05) is 22.7 Å². The highest BCUT2D eigenvalue weighted by Gasteiger charge is 2.36. The van der Waals surface area contributed by atoms with Gasteiger partial charge in [0.05, 0.1) is 29.3 Å². The minimum Gasteiger partial charge on any atom is -0.340 e. The third-order valence-electron chi connectivity index (χ3n) is 4.63. The van der Waals surface area contributed by atoms with Crippen LogP contribution in [0, 0.1) is 6.57 Å². The van der Waals surface area contributed by atoms with Crippen molar-refractivity contribution in [1.29, 1.82) is 0 Å². The van der Waals surface area contributed by atoms with E-state index in [-0.39, 0.29) is 34.7 Å². The van der Waals surface area contributed by atoms with Gasteiger partial charge >= 0.3 is 12.4 Å². The van der Waals surface area contributed by atoms with Crippen LogP contribution in [0.4, 0.5) is 32.0 Å². The molecule has 0 bridgehead atoms. The Kier molecular flexibility index (Phi) is 5.13. The first-order valence-corrected chi connectivity index (χ1v) is 9.13. The van der Waals surface area contributed by atoms with E-state index in [4.69, 9.17) is 22.7 Å². The Labute approximate surface area is 180 Å². The summed E-state index contributed by atoms with van der Waals surface area (Å²) in [5, 5.41) is 3.05. The number of halogens is 7. The molecule has 5 nitrogen and oxygen atoms in total. The third-order valence-corrected chi connectivity index (χ3v) is 4.96. The fourth-order valence-corrected chi connectivity index (χ4v) is 3.48. The number of fused-ring (bicyclic) bond motifs is 1. The van der Waals surface area contributed by atoms with Gasteiger partial charge in [-0.2, -0.15) is 31.3 Å². The lowest BCUT2D eigenvalue weighted by Gasteiger charge is -2.11. The van der Waals surface area contributed by atoms with E-state index in [9.17, 15) is 26.3 Å². The van der Waals surface area contributed by atoms with Gasteiger partial charge in [-0.25, -0.2) is 4.85 Å². The van der Waals surface area contributed by atoms with Crippen molar-refractivity contribution in [2.45, 2.75) is 18.9 Å². The van der Waals surface area contributed by atoms with Crippen molar-refractivity contribution in [3.05, 3.63) is 76.0 Å². The van der Waals surface area contributed by atoms with Crippen LogP contribution in [0.25, 0.3) is 27.2 Å². The fourth-order valence-electron chi connectivity index (χ4n) is 3.25. The molecular weight excluding hydrogens is 462 g/mol. The Balaban J connectivity index is 1.69. The van der Waals surface area contributed by atoms with Crippen molar-refractivity contribution < 1.29 is 30.9 Å². The van der Waals surface area contributed by atoms with Crippen LogP contribution < -0.4 is 0 Å². The molecule has 0 spiro atoms. The highest BCUT2D eigenvalue weighted by Crippen LogP contribution is 2.42. The van der Waals surface area contributed by atoms with Crippen LogP contribution in [0.5, 0.6) is 0 Å². The van der Waals surface area contributed by atoms with Gasteiger partial charge in [-0.05, 0) is 30.3 Å². The molecule has 0 aliphatic heterocycles. The summed E-state index contributed by atoms with van der Waals surface area (Å²) in [5.74, 6) is -0.172. The summed E-state index contributed by atoms with van der Waals surface area (Å²) in [6.45, 7) is 6.87. The van der Waals surface area contributed by atoms with Crippen molar-refractivity contribution in [2.75, 3.05) is 0 Å². The Morgan fingerprint density at radius 2 is 1.78 bits per heavy atom. The Hall–Kier alpha value is -3.52. The second-order valence-electron chi connectivity index (χ2n) is 6.65. The molecule has 4 rings (SSSR count). The third kappa shape index (κ3) is 3.89. The first-order valence-electron chi connectivity index (χ1n) is 8.75. The van der Waals surface area contributed by atoms with Crippen LogP contribution in [0.1, 0.15) is 17.0 Å². The van der Waals surface area contributed by atoms with E-state index in [0.717, 1.165) is 18.2 Å². The van der Waals surface area contributed by atoms with E-state index in [0.29, 0.717) is 0 Å². The fraction of sp³-hybridized carbons (Fsp3) is 0.150. The number of hydrogen-bond donors (Lipinski definition) is 0. The van der Waals surface area contributed by atoms with Crippen LogP contribution in [0.3, 0.4) is 0 Å². The van der Waals surface area contributed by atoms with Crippen molar-refractivity contribution in [3.8, 4) is 11.5 Å². The average Bonchev–Trinajstić information content (AvgIpc) is 3.33. The molecule has 0 saturated heterocycles. The molecule has 0 unspecified atom stereocenters. The van der Waals surface area contributed by atoms with Gasteiger partial charge < -0.3 is 9.09 Å². The zero-order valence-corrected chi connectivity index (χ0v) is 16.3. The Morgan fingerprint density at radius 3 is 2.44 bits per heavy atom. The number of aromatic nitrogens is 3. The molecule has 32 heavy (non-hydrogen) atoms. The molecule has 2 heterocycles. The highest BCUT2D eigenvalue weighted by atomic mass is 35.5. The van der Waals surface area contributed by atoms with Gasteiger partial charge in [0.25, 0.3) is 5.89 Å². The monoisotopic (exact) mass is 470 g/mol. The smallest absolute Gasteiger partial charge is 0.340 e. The summed E-state index contributed by atoms with van der Waals surface area (Å²) in [6.07, 6.45) is -8.04. The Morgan fingerprint density at radius 1 is 1.03 bits per heavy atom. The summed E-state index contributed by atoms with van der Waals surface area (Å²) in [4.78, 5) is 6.98. The second-order valence-corrected chi connectivity index (χ2v) is 7.06. The highest BCUT2D eigenvalue weighted by molar-refractivity contribution is 6.31. The lowest BCUT2D eigenvalue weighted by atomic mass is 10.1. The van der Waals surface area contributed by atoms with Gasteiger partial charge in [-0.1, -0.05) is 22.8 Å². The molecule has 4 aromatic rings. The molecule has 2 aromatic carbocycles. The van der Waals surface area contributed by atoms with Crippen LogP contribution in [0.15, 0.2) is 47.1 Å². The second kappa shape index (κ2) is 7.56. The van der Waals surface area contributed by atoms with Crippen LogP contribution >= 0.6 is 11.6 Å². The van der Waals surface area contributed by atoms with Gasteiger partial charge in [0.1, 0.15) is 0 Å². The molecule has 0 saturated carbocycles. The quantitative estimate of drug-likeness (QED) is 0.240. The largest absolute Gasteiger partial charge is 0.417 e. The minimum atomic E-state index is -4.73. The topological polar surface area (TPSA) is 48.2 Å². The van der Waals surface area contributed by atoms with Crippen molar-refractivity contribution in [3.63, 3.8) is 0 Å². The van der Waals surface area contributed by atoms with E-state index in [1.54, 1.807) is 0 Å². The van der Waals surface area contributed by atoms with E-state index in [1.807, 2.05) is 0 Å². The summed E-state index contributed by atoms with van der Waals surface area (Å²) in [6, 6.07) is 6.77. The Bertz CT molecular complexity index is 1360. The van der Waals surface area contributed by atoms with Crippen molar-refractivity contribution in [1.82, 2.24) is 14.7 Å². The lowest BCUT2D eigenvalue weighted by molar-refractivity contribution is -0.137. The molecule has 0 atom stereocenters. The first kappa shape index (κ1) is 21.7. The van der Waals surface area contributed by atoms with E-state index >= 15 is 0 Å². The number of hydrogen-bond acceptors (Lipinski definition) is 3. The average molecular weight is 471 g/mol. The predicted molar refractivity (Wildman–Crippen MR) is 102 cm³/mol. The minimum absolute atomic E-state index is 0.0149. The maximum atomic E-state index is 13.5. The SMILES string of the molecule is [C-]#[N+]c1ccc2c(ccn2Cc2noc(-c3ccc(Cl)c(C(F)(F)F)c3)n2)c1C(F)(F)F. The van der Waals surface area contributed by atoms with Crippen LogP contribution in [0.2, 0.25) is 5.02 Å². The molecule has 0 aliphatic carbocycles. The molecule has 0 aliphatic rings. The summed E-state index contributed by atoms with van der Waals surface area (Å²) in [5.41, 5.74) is -2.46. The number of alkyl halides is 6. The summed E-state index contributed by atoms with van der Waals surface area (Å²) >= 11 is 5.60. The van der Waals surface area contributed by atoms with Gasteiger partial charge in [0.15, 0.2) is 11.5 Å². The maximum Gasteiger partial charge on any atom is 0.417 e. The van der Waals surface area contributed by atoms with E-state index in [2.05, 4.69) is 15.0 Å². The standard InChI is InChI=1S/C20H9ClF6N4O/c1-28-14-4-5-15-11(17(14)20(25,26)27)6-7-31(15)9-16-29-18(32-30-16)10-2-3-13(21)12(8-10)19(22,23)24/h2-8H,9H2. The molecule has 0 radical (unpaired) electrons. The maximum absolute atomic E-state index is 13.5. The first-order chi connectivity index (χ1) is 15.0. The lowest BCUT2D eigenvalue weighted by Crippen LogP contribution is -2.06. The molecule has 0 amide bonds. The normalized spacial score (nSPS) is 12.3. The molecule has 0 N–H and O–H groups in total. The van der Waals surface area contributed by atoms with Gasteiger partial charge in [-0.15, -0.1) is 0 Å². The number of rotatable bonds is 3. The van der Waals surface area contributed by atoms with Crippen LogP contribution in [-0.2, 0) is 18.9 Å². The zero-order valence-electron chi connectivity index (χ0n) is 15.6. The van der Waals surface area contributed by atoms with Crippen LogP contribution in [-0.4, -0.2) is 14.7 Å². The number of benzene rings is 2. The summed E-state index contributed by atoms with van der Waals surface area (Å²) in [7, 11) is 0. The van der Waals surface area contributed by atoms with Crippen molar-refractivity contribution in [2.24, 2.45) is 0 Å². The van der Waals surface area contributed by atoms with E-state index < -0.39 is 34.2 Å². The molecule has 2 aromatic heterocycles. The van der Waals surface area contributed by atoms with Gasteiger partial charge in [0.2, 0.25) is 0 Å². The zero-order chi connectivity index (χ0) is 23.3. The summed E-state index contributed by atoms with van der Waals surface area (Å²) < 4.78 is 86.0. The molecular formula is C20H9ClF6N4O. The van der Waals surface area contributed by atoms with E-state index in [1.165, 1.54) is 29.0 Å². The predicted octanol–water partition coefficient (Wildman–Crippen LogP) is 6.98. The van der Waals surface area contributed by atoms with Crippen molar-refractivity contribution >= 4 is 28.2 Å². The molecule has 0 fully saturated rings. The number of nitrogens with zero attached hydrogens (tertiary/aromatic N) is 4. The molecule has 164 valence electrons. The van der Waals surface area contributed by atoms with Gasteiger partial charge in [-0.3, -0.25) is 0 Å².